The molecule has 1 aromatic carbocycles. The number of nitrogens with zero attached hydrogens (tertiary/aromatic N) is 2. The van der Waals surface area contributed by atoms with Gasteiger partial charge in [0.2, 0.25) is 5.69 Å². The van der Waals surface area contributed by atoms with Gasteiger partial charge in [-0.1, -0.05) is 43.4 Å². The molecule has 0 atom stereocenters. The minimum Gasteiger partial charge on any atom is -0.539 e. The maximum absolute atomic E-state index is 11.9. The third kappa shape index (κ3) is 3.47. The Morgan fingerprint density at radius 3 is 2.55 bits per heavy atom. The van der Waals surface area contributed by atoms with E-state index in [0.717, 1.165) is 5.69 Å². The van der Waals surface area contributed by atoms with Gasteiger partial charge in [-0.05, 0) is 24.4 Å². The molecule has 5 heteroatoms. The third-order valence-electron chi connectivity index (χ3n) is 4.39. The SMILES string of the molecule is Cc1ccc(-[n+]2noc([O-])c2CNC2CCCCCC2)cc1. The number of hydrogen-bond donors (Lipinski definition) is 1. The largest absolute Gasteiger partial charge is 0.539 e. The molecule has 0 unspecified atom stereocenters. The first-order chi connectivity index (χ1) is 10.7. The van der Waals surface area contributed by atoms with Crippen LogP contribution in [0.1, 0.15) is 49.8 Å². The topological polar surface area (TPSA) is 65.0 Å². The van der Waals surface area contributed by atoms with Crippen LogP contribution in [-0.4, -0.2) is 11.3 Å². The number of aryl methyl sites for hydroxylation is 1. The van der Waals surface area contributed by atoms with Gasteiger partial charge in [0.25, 0.3) is 5.69 Å². The summed E-state index contributed by atoms with van der Waals surface area (Å²) in [4.78, 5) is 0. The maximum atomic E-state index is 11.9. The summed E-state index contributed by atoms with van der Waals surface area (Å²) in [5.74, 6) is -0.360. The Hall–Kier alpha value is -1.88. The standard InChI is InChI=1S/C17H23N3O2/c1-13-8-10-15(11-9-13)20-16(17(21)22-19-20)12-18-14-6-4-2-3-5-7-14/h8-11,14,18H,2-7,12H2,1H3. The number of nitrogens with one attached hydrogen (secondary N) is 1. The lowest BCUT2D eigenvalue weighted by atomic mass is 10.1. The van der Waals surface area contributed by atoms with Gasteiger partial charge in [-0.2, -0.15) is 0 Å². The Morgan fingerprint density at radius 2 is 1.86 bits per heavy atom. The second-order valence-electron chi connectivity index (χ2n) is 6.12. The number of benzene rings is 1. The summed E-state index contributed by atoms with van der Waals surface area (Å²) >= 11 is 0. The van der Waals surface area contributed by atoms with Gasteiger partial charge in [-0.15, -0.1) is 0 Å². The molecule has 1 heterocycles. The predicted octanol–water partition coefficient (Wildman–Crippen LogP) is 2.15. The van der Waals surface area contributed by atoms with Crippen molar-refractivity contribution in [3.05, 3.63) is 35.5 Å². The lowest BCUT2D eigenvalue weighted by Gasteiger charge is -2.14. The average molecular weight is 301 g/mol. The van der Waals surface area contributed by atoms with Gasteiger partial charge in [-0.3, -0.25) is 0 Å². The monoisotopic (exact) mass is 301 g/mol. The van der Waals surface area contributed by atoms with Gasteiger partial charge in [0.1, 0.15) is 0 Å². The molecule has 5 nitrogen and oxygen atoms in total. The van der Waals surface area contributed by atoms with Crippen LogP contribution in [0.15, 0.2) is 28.8 Å². The van der Waals surface area contributed by atoms with E-state index >= 15 is 0 Å². The van der Waals surface area contributed by atoms with E-state index in [0.29, 0.717) is 18.3 Å². The van der Waals surface area contributed by atoms with Crippen LogP contribution in [0.2, 0.25) is 0 Å². The second kappa shape index (κ2) is 6.92. The van der Waals surface area contributed by atoms with Crippen molar-refractivity contribution in [2.75, 3.05) is 0 Å². The average Bonchev–Trinajstić information content (AvgIpc) is 2.74. The number of aromatic nitrogens is 2. The highest BCUT2D eigenvalue weighted by Gasteiger charge is 2.21. The van der Waals surface area contributed by atoms with Crippen LogP contribution in [0.4, 0.5) is 0 Å². The Balaban J connectivity index is 1.73. The van der Waals surface area contributed by atoms with Crippen LogP contribution in [-0.2, 0) is 6.54 Å². The zero-order valence-electron chi connectivity index (χ0n) is 13.0. The summed E-state index contributed by atoms with van der Waals surface area (Å²) in [6, 6.07) is 8.40. The fourth-order valence-electron chi connectivity index (χ4n) is 3.03. The molecule has 1 saturated carbocycles. The van der Waals surface area contributed by atoms with E-state index in [1.807, 2.05) is 31.2 Å². The zero-order valence-corrected chi connectivity index (χ0v) is 13.0. The molecular formula is C17H23N3O2. The van der Waals surface area contributed by atoms with E-state index in [9.17, 15) is 5.11 Å². The quantitative estimate of drug-likeness (QED) is 0.694. The van der Waals surface area contributed by atoms with Gasteiger partial charge in [0.15, 0.2) is 5.95 Å². The van der Waals surface area contributed by atoms with Crippen LogP contribution in [0.25, 0.3) is 5.69 Å². The van der Waals surface area contributed by atoms with Crippen LogP contribution < -0.4 is 15.1 Å². The third-order valence-corrected chi connectivity index (χ3v) is 4.39. The van der Waals surface area contributed by atoms with E-state index in [1.165, 1.54) is 44.1 Å². The van der Waals surface area contributed by atoms with E-state index in [2.05, 4.69) is 10.6 Å². The molecule has 1 aromatic heterocycles. The summed E-state index contributed by atoms with van der Waals surface area (Å²) < 4.78 is 6.46. The smallest absolute Gasteiger partial charge is 0.253 e. The van der Waals surface area contributed by atoms with Gasteiger partial charge in [0.05, 0.1) is 11.8 Å². The van der Waals surface area contributed by atoms with Gasteiger partial charge in [0, 0.05) is 18.2 Å². The first-order valence-corrected chi connectivity index (χ1v) is 8.12. The Bertz CT molecular complexity index is 599. The normalized spacial score (nSPS) is 16.6. The van der Waals surface area contributed by atoms with E-state index < -0.39 is 0 Å². The first-order valence-electron chi connectivity index (χ1n) is 8.12. The second-order valence-corrected chi connectivity index (χ2v) is 6.12. The Morgan fingerprint density at radius 1 is 1.18 bits per heavy atom. The molecule has 1 N–H and O–H groups in total. The number of rotatable bonds is 4. The van der Waals surface area contributed by atoms with E-state index in [1.54, 1.807) is 4.68 Å². The molecule has 0 radical (unpaired) electrons. The highest BCUT2D eigenvalue weighted by atomic mass is 16.6. The van der Waals surface area contributed by atoms with Crippen molar-refractivity contribution < 1.29 is 14.3 Å². The zero-order chi connectivity index (χ0) is 15.4. The molecule has 118 valence electrons. The van der Waals surface area contributed by atoms with Gasteiger partial charge < -0.3 is 14.9 Å². The van der Waals surface area contributed by atoms with E-state index in [4.69, 9.17) is 4.52 Å². The molecule has 3 rings (SSSR count). The summed E-state index contributed by atoms with van der Waals surface area (Å²) in [6.07, 6.45) is 7.55. The lowest BCUT2D eigenvalue weighted by molar-refractivity contribution is -0.677. The van der Waals surface area contributed by atoms with Crippen molar-refractivity contribution >= 4 is 0 Å². The summed E-state index contributed by atoms with van der Waals surface area (Å²) in [5.41, 5.74) is 2.59. The molecule has 1 aliphatic rings. The lowest BCUT2D eigenvalue weighted by Crippen LogP contribution is -2.40. The molecular weight excluding hydrogens is 278 g/mol. The molecule has 0 spiro atoms. The minimum atomic E-state index is -0.360. The fourth-order valence-corrected chi connectivity index (χ4v) is 3.03. The molecule has 1 aliphatic carbocycles. The molecule has 0 saturated heterocycles. The van der Waals surface area contributed by atoms with E-state index in [-0.39, 0.29) is 5.95 Å². The number of hydrogen-bond acceptors (Lipinski definition) is 4. The Labute approximate surface area is 130 Å². The van der Waals surface area contributed by atoms with Crippen LogP contribution in [0, 0.1) is 6.92 Å². The maximum Gasteiger partial charge on any atom is 0.253 e. The van der Waals surface area contributed by atoms with Crippen LogP contribution in [0.3, 0.4) is 0 Å². The van der Waals surface area contributed by atoms with Gasteiger partial charge >= 0.3 is 0 Å². The first kappa shape index (κ1) is 15.0. The Kier molecular flexibility index (Phi) is 4.73. The summed E-state index contributed by atoms with van der Waals surface area (Å²) in [6.45, 7) is 2.53. The summed E-state index contributed by atoms with van der Waals surface area (Å²) in [7, 11) is 0. The van der Waals surface area contributed by atoms with Crippen LogP contribution >= 0.6 is 0 Å². The van der Waals surface area contributed by atoms with Crippen molar-refractivity contribution in [1.29, 1.82) is 0 Å². The highest BCUT2D eigenvalue weighted by molar-refractivity contribution is 5.27. The minimum absolute atomic E-state index is 0.360. The van der Waals surface area contributed by atoms with Crippen molar-refractivity contribution in [2.45, 2.75) is 58.0 Å². The molecule has 1 fully saturated rings. The molecule has 22 heavy (non-hydrogen) atoms. The fraction of sp³-hybridized carbons (Fsp3) is 0.529. The van der Waals surface area contributed by atoms with Crippen LogP contribution in [0.5, 0.6) is 5.95 Å². The molecule has 0 bridgehead atoms. The molecule has 0 amide bonds. The van der Waals surface area contributed by atoms with Crippen molar-refractivity contribution in [3.8, 4) is 11.6 Å². The van der Waals surface area contributed by atoms with Crippen molar-refractivity contribution in [3.63, 3.8) is 0 Å². The molecule has 0 aliphatic heterocycles. The van der Waals surface area contributed by atoms with Crippen molar-refractivity contribution in [1.82, 2.24) is 10.6 Å². The predicted molar refractivity (Wildman–Crippen MR) is 80.5 cm³/mol. The molecule has 2 aromatic rings. The summed E-state index contributed by atoms with van der Waals surface area (Å²) in [5, 5.41) is 19.3. The highest BCUT2D eigenvalue weighted by Crippen LogP contribution is 2.18. The van der Waals surface area contributed by atoms with Gasteiger partial charge in [-0.25, -0.2) is 0 Å². The van der Waals surface area contributed by atoms with Crippen molar-refractivity contribution in [2.24, 2.45) is 0 Å².